The maximum atomic E-state index is 11.9. The van der Waals surface area contributed by atoms with Gasteiger partial charge < -0.3 is 10.4 Å². The molecule has 0 aromatic heterocycles. The van der Waals surface area contributed by atoms with Crippen molar-refractivity contribution in [3.05, 3.63) is 28.2 Å². The summed E-state index contributed by atoms with van der Waals surface area (Å²) in [5.41, 5.74) is 0.316. The number of thioether (sulfide) groups is 1. The maximum absolute atomic E-state index is 11.9. The molecule has 0 aliphatic rings. The van der Waals surface area contributed by atoms with Crippen molar-refractivity contribution in [3.63, 3.8) is 0 Å². The van der Waals surface area contributed by atoms with Gasteiger partial charge in [-0.15, -0.1) is 0 Å². The van der Waals surface area contributed by atoms with Gasteiger partial charge in [0.15, 0.2) is 0 Å². The summed E-state index contributed by atoms with van der Waals surface area (Å²) in [4.78, 5) is 11.9. The predicted molar refractivity (Wildman–Crippen MR) is 85.0 cm³/mol. The van der Waals surface area contributed by atoms with Crippen LogP contribution in [-0.4, -0.2) is 29.6 Å². The van der Waals surface area contributed by atoms with E-state index < -0.39 is 0 Å². The first kappa shape index (κ1) is 16.4. The van der Waals surface area contributed by atoms with Gasteiger partial charge in [-0.3, -0.25) is 4.79 Å². The standard InChI is InChI=1S/C14H20BrNO2S/c1-19-9-5-3-2-4-8-16-14(18)12-10-11(15)6-7-13(12)17/h6-7,10,17H,2-5,8-9H2,1H3,(H,16,18). The molecule has 106 valence electrons. The van der Waals surface area contributed by atoms with Crippen LogP contribution in [0, 0.1) is 0 Å². The molecular formula is C14H20BrNO2S. The van der Waals surface area contributed by atoms with E-state index in [-0.39, 0.29) is 11.7 Å². The molecule has 0 spiro atoms. The lowest BCUT2D eigenvalue weighted by molar-refractivity contribution is 0.0950. The zero-order chi connectivity index (χ0) is 14.1. The summed E-state index contributed by atoms with van der Waals surface area (Å²) in [6.07, 6.45) is 6.67. The zero-order valence-corrected chi connectivity index (χ0v) is 13.5. The summed E-state index contributed by atoms with van der Waals surface area (Å²) in [6, 6.07) is 4.85. The monoisotopic (exact) mass is 345 g/mol. The van der Waals surface area contributed by atoms with Crippen LogP contribution in [0.25, 0.3) is 0 Å². The van der Waals surface area contributed by atoms with E-state index in [1.807, 2.05) is 11.8 Å². The number of benzene rings is 1. The van der Waals surface area contributed by atoms with E-state index in [1.54, 1.807) is 12.1 Å². The van der Waals surface area contributed by atoms with E-state index >= 15 is 0 Å². The first-order valence-corrected chi connectivity index (χ1v) is 8.59. The highest BCUT2D eigenvalue weighted by atomic mass is 79.9. The third-order valence-corrected chi connectivity index (χ3v) is 3.95. The molecule has 1 amide bonds. The summed E-state index contributed by atoms with van der Waals surface area (Å²) in [5, 5.41) is 12.5. The van der Waals surface area contributed by atoms with E-state index in [0.717, 1.165) is 17.3 Å². The third kappa shape index (κ3) is 6.34. The lowest BCUT2D eigenvalue weighted by atomic mass is 10.1. The number of hydrogen-bond acceptors (Lipinski definition) is 3. The largest absolute Gasteiger partial charge is 0.507 e. The topological polar surface area (TPSA) is 49.3 Å². The second-order valence-electron chi connectivity index (χ2n) is 4.32. The fraction of sp³-hybridized carbons (Fsp3) is 0.500. The van der Waals surface area contributed by atoms with Gasteiger partial charge in [-0.2, -0.15) is 11.8 Å². The van der Waals surface area contributed by atoms with Crippen molar-refractivity contribution in [1.82, 2.24) is 5.32 Å². The number of halogens is 1. The van der Waals surface area contributed by atoms with Gasteiger partial charge in [0.05, 0.1) is 5.56 Å². The molecule has 3 nitrogen and oxygen atoms in total. The van der Waals surface area contributed by atoms with Crippen LogP contribution in [-0.2, 0) is 0 Å². The molecule has 0 atom stereocenters. The van der Waals surface area contributed by atoms with Crippen LogP contribution < -0.4 is 5.32 Å². The second-order valence-corrected chi connectivity index (χ2v) is 6.23. The number of amides is 1. The van der Waals surface area contributed by atoms with Gasteiger partial charge in [0.2, 0.25) is 0 Å². The number of phenols is 1. The number of aromatic hydroxyl groups is 1. The van der Waals surface area contributed by atoms with E-state index in [4.69, 9.17) is 0 Å². The molecule has 0 heterocycles. The molecule has 0 bridgehead atoms. The third-order valence-electron chi connectivity index (χ3n) is 2.76. The number of hydrogen-bond donors (Lipinski definition) is 2. The normalized spacial score (nSPS) is 10.4. The Morgan fingerprint density at radius 3 is 2.79 bits per heavy atom. The Labute approximate surface area is 127 Å². The molecule has 1 aromatic rings. The molecule has 1 rings (SSSR count). The second kappa shape index (κ2) is 9.26. The minimum absolute atomic E-state index is 0.0145. The number of carbonyl (C=O) groups is 1. The fourth-order valence-corrected chi connectivity index (χ4v) is 2.57. The van der Waals surface area contributed by atoms with Gasteiger partial charge in [0.25, 0.3) is 5.91 Å². The van der Waals surface area contributed by atoms with E-state index in [1.165, 1.54) is 24.7 Å². The number of phenolic OH excluding ortho intramolecular Hbond substituents is 1. The Balaban J connectivity index is 2.26. The molecule has 0 saturated carbocycles. The van der Waals surface area contributed by atoms with E-state index in [0.29, 0.717) is 12.1 Å². The molecule has 0 aliphatic carbocycles. The Bertz CT molecular complexity index is 412. The summed E-state index contributed by atoms with van der Waals surface area (Å²) >= 11 is 5.16. The van der Waals surface area contributed by atoms with Crippen LogP contribution >= 0.6 is 27.7 Å². The van der Waals surface area contributed by atoms with Crippen LogP contribution in [0.15, 0.2) is 22.7 Å². The average Bonchev–Trinajstić information content (AvgIpc) is 2.40. The first-order valence-electron chi connectivity index (χ1n) is 6.41. The van der Waals surface area contributed by atoms with Crippen molar-refractivity contribution >= 4 is 33.6 Å². The van der Waals surface area contributed by atoms with Gasteiger partial charge in [-0.05, 0) is 43.0 Å². The maximum Gasteiger partial charge on any atom is 0.255 e. The lowest BCUT2D eigenvalue weighted by Gasteiger charge is -2.07. The Morgan fingerprint density at radius 2 is 2.05 bits per heavy atom. The van der Waals surface area contributed by atoms with Crippen molar-refractivity contribution < 1.29 is 9.90 Å². The van der Waals surface area contributed by atoms with Gasteiger partial charge in [0, 0.05) is 11.0 Å². The Kier molecular flexibility index (Phi) is 7.98. The van der Waals surface area contributed by atoms with E-state index in [9.17, 15) is 9.90 Å². The highest BCUT2D eigenvalue weighted by Gasteiger charge is 2.10. The van der Waals surface area contributed by atoms with Crippen LogP contribution in [0.4, 0.5) is 0 Å². The quantitative estimate of drug-likeness (QED) is 0.704. The smallest absolute Gasteiger partial charge is 0.255 e. The van der Waals surface area contributed by atoms with Gasteiger partial charge >= 0.3 is 0 Å². The van der Waals surface area contributed by atoms with Crippen LogP contribution in [0.5, 0.6) is 5.75 Å². The first-order chi connectivity index (χ1) is 9.15. The summed E-state index contributed by atoms with van der Waals surface area (Å²) in [5.74, 6) is 1.00. The summed E-state index contributed by atoms with van der Waals surface area (Å²) in [6.45, 7) is 0.657. The molecule has 2 N–H and O–H groups in total. The van der Waals surface area contributed by atoms with Crippen LogP contribution in [0.1, 0.15) is 36.0 Å². The highest BCUT2D eigenvalue weighted by molar-refractivity contribution is 9.10. The van der Waals surface area contributed by atoms with Crippen molar-refractivity contribution in [2.75, 3.05) is 18.6 Å². The summed E-state index contributed by atoms with van der Waals surface area (Å²) < 4.78 is 0.785. The molecule has 5 heteroatoms. The van der Waals surface area contributed by atoms with Gasteiger partial charge in [-0.25, -0.2) is 0 Å². The molecular weight excluding hydrogens is 326 g/mol. The molecule has 0 fully saturated rings. The SMILES string of the molecule is CSCCCCCCNC(=O)c1cc(Br)ccc1O. The molecule has 1 aromatic carbocycles. The molecule has 0 radical (unpaired) electrons. The molecule has 0 aliphatic heterocycles. The number of nitrogens with one attached hydrogen (secondary N) is 1. The van der Waals surface area contributed by atoms with Crippen molar-refractivity contribution in [3.8, 4) is 5.75 Å². The predicted octanol–water partition coefficient (Wildman–Crippen LogP) is 3.81. The van der Waals surface area contributed by atoms with Crippen LogP contribution in [0.3, 0.4) is 0 Å². The minimum Gasteiger partial charge on any atom is -0.507 e. The van der Waals surface area contributed by atoms with Gasteiger partial charge in [0.1, 0.15) is 5.75 Å². The van der Waals surface area contributed by atoms with Crippen LogP contribution in [0.2, 0.25) is 0 Å². The van der Waals surface area contributed by atoms with Gasteiger partial charge in [-0.1, -0.05) is 28.8 Å². The Hall–Kier alpha value is -0.680. The molecule has 19 heavy (non-hydrogen) atoms. The Morgan fingerprint density at radius 1 is 1.32 bits per heavy atom. The number of rotatable bonds is 8. The lowest BCUT2D eigenvalue weighted by Crippen LogP contribution is -2.24. The number of carbonyl (C=O) groups excluding carboxylic acids is 1. The minimum atomic E-state index is -0.220. The van der Waals surface area contributed by atoms with Crippen molar-refractivity contribution in [1.29, 1.82) is 0 Å². The van der Waals surface area contributed by atoms with Crippen molar-refractivity contribution in [2.45, 2.75) is 25.7 Å². The zero-order valence-electron chi connectivity index (χ0n) is 11.1. The highest BCUT2D eigenvalue weighted by Crippen LogP contribution is 2.21. The molecule has 0 unspecified atom stereocenters. The fourth-order valence-electron chi connectivity index (χ4n) is 1.71. The van der Waals surface area contributed by atoms with Crippen molar-refractivity contribution in [2.24, 2.45) is 0 Å². The van der Waals surface area contributed by atoms with E-state index in [2.05, 4.69) is 27.5 Å². The number of unbranched alkanes of at least 4 members (excludes halogenated alkanes) is 3. The molecule has 0 saturated heterocycles. The average molecular weight is 346 g/mol. The summed E-state index contributed by atoms with van der Waals surface area (Å²) in [7, 11) is 0.